The molecule has 1 aromatic carbocycles. The zero-order chi connectivity index (χ0) is 19.0. The minimum absolute atomic E-state index is 0.210. The van der Waals surface area contributed by atoms with Crippen molar-refractivity contribution in [1.82, 2.24) is 0 Å². The van der Waals surface area contributed by atoms with Gasteiger partial charge in [-0.1, -0.05) is 12.1 Å². The standard InChI is InChI=1S/C19H22N4O3/c1-4-24-14-9-7-13(8-10-14)15-17(11-20)16(22)23-19(25-5-2,26-6-3)18(15,17)12-21/h7-10,15H,4-6H2,1-3H3,(H2,22,23)/p+1/t15-,17+,18+/m0/s1. The van der Waals surface area contributed by atoms with Gasteiger partial charge in [0.2, 0.25) is 0 Å². The normalized spacial score (nSPS) is 30.7. The molecule has 1 fully saturated rings. The Morgan fingerprint density at radius 3 is 2.12 bits per heavy atom. The van der Waals surface area contributed by atoms with Crippen molar-refractivity contribution in [2.45, 2.75) is 32.6 Å². The number of nitrogens with zero attached hydrogens (tertiary/aromatic N) is 2. The first-order valence-corrected chi connectivity index (χ1v) is 8.77. The summed E-state index contributed by atoms with van der Waals surface area (Å²) in [7, 11) is 0. The third-order valence-electron chi connectivity index (χ3n) is 5.22. The van der Waals surface area contributed by atoms with E-state index in [0.717, 1.165) is 11.3 Å². The van der Waals surface area contributed by atoms with Gasteiger partial charge in [0.1, 0.15) is 5.75 Å². The van der Waals surface area contributed by atoms with Gasteiger partial charge in [-0.2, -0.15) is 10.5 Å². The number of hydrogen-bond donors (Lipinski definition) is 2. The van der Waals surface area contributed by atoms with Crippen LogP contribution in [0.5, 0.6) is 5.75 Å². The van der Waals surface area contributed by atoms with Crippen LogP contribution < -0.4 is 15.5 Å². The monoisotopic (exact) mass is 355 g/mol. The van der Waals surface area contributed by atoms with Gasteiger partial charge in [0, 0.05) is 5.92 Å². The van der Waals surface area contributed by atoms with Crippen LogP contribution in [-0.4, -0.2) is 31.6 Å². The molecule has 0 bridgehead atoms. The largest absolute Gasteiger partial charge is 0.494 e. The van der Waals surface area contributed by atoms with E-state index in [1.54, 1.807) is 0 Å². The molecule has 1 aliphatic heterocycles. The number of rotatable bonds is 7. The SMILES string of the molecule is CCOc1ccc([C@H]2[C@]3(C#N)C(N)=[NH+]C(OCC)(OCC)[C@]23C#N)cc1. The number of nitriles is 2. The summed E-state index contributed by atoms with van der Waals surface area (Å²) in [5, 5.41) is 20.1. The Bertz CT molecular complexity index is 802. The van der Waals surface area contributed by atoms with Gasteiger partial charge in [0.25, 0.3) is 5.84 Å². The van der Waals surface area contributed by atoms with Gasteiger partial charge >= 0.3 is 5.91 Å². The van der Waals surface area contributed by atoms with Crippen molar-refractivity contribution in [2.75, 3.05) is 19.8 Å². The molecule has 7 heteroatoms. The molecule has 0 amide bonds. The Labute approximate surface area is 153 Å². The van der Waals surface area contributed by atoms with Crippen LogP contribution in [0.15, 0.2) is 24.3 Å². The van der Waals surface area contributed by atoms with Gasteiger partial charge in [-0.3, -0.25) is 5.73 Å². The topological polar surface area (TPSA) is 115 Å². The smallest absolute Gasteiger partial charge is 0.343 e. The number of nitrogens with one attached hydrogen (secondary N) is 1. The summed E-state index contributed by atoms with van der Waals surface area (Å²) in [6.45, 7) is 6.71. The molecule has 0 aromatic heterocycles. The molecule has 1 aliphatic carbocycles. The zero-order valence-corrected chi connectivity index (χ0v) is 15.2. The predicted octanol–water partition coefficient (Wildman–Crippen LogP) is 0.381. The van der Waals surface area contributed by atoms with Gasteiger partial charge in [-0.25, -0.2) is 4.99 Å². The van der Waals surface area contributed by atoms with Crippen LogP contribution in [0.2, 0.25) is 0 Å². The van der Waals surface area contributed by atoms with E-state index in [4.69, 9.17) is 19.9 Å². The maximum absolute atomic E-state index is 10.1. The van der Waals surface area contributed by atoms with Crippen LogP contribution in [-0.2, 0) is 9.47 Å². The highest BCUT2D eigenvalue weighted by molar-refractivity contribution is 5.95. The molecular weight excluding hydrogens is 332 g/mol. The predicted molar refractivity (Wildman–Crippen MR) is 92.6 cm³/mol. The third kappa shape index (κ3) is 1.96. The van der Waals surface area contributed by atoms with Crippen molar-refractivity contribution < 1.29 is 19.2 Å². The van der Waals surface area contributed by atoms with Crippen LogP contribution in [0.25, 0.3) is 0 Å². The maximum Gasteiger partial charge on any atom is 0.343 e. The average molecular weight is 355 g/mol. The van der Waals surface area contributed by atoms with Crippen molar-refractivity contribution in [3.63, 3.8) is 0 Å². The highest BCUT2D eigenvalue weighted by atomic mass is 16.7. The highest BCUT2D eigenvalue weighted by Crippen LogP contribution is 2.78. The molecule has 0 saturated heterocycles. The highest BCUT2D eigenvalue weighted by Gasteiger charge is 2.97. The Kier molecular flexibility index (Phi) is 4.39. The summed E-state index contributed by atoms with van der Waals surface area (Å²) in [5.74, 6) is -0.966. The average Bonchev–Trinajstić information content (AvgIpc) is 3.22. The zero-order valence-electron chi connectivity index (χ0n) is 15.2. The van der Waals surface area contributed by atoms with Gasteiger partial charge in [-0.15, -0.1) is 0 Å². The lowest BCUT2D eigenvalue weighted by atomic mass is 9.93. The number of fused-ring (bicyclic) bond motifs is 1. The van der Waals surface area contributed by atoms with Crippen molar-refractivity contribution in [2.24, 2.45) is 16.6 Å². The summed E-state index contributed by atoms with van der Waals surface area (Å²) < 4.78 is 17.2. The van der Waals surface area contributed by atoms with Crippen molar-refractivity contribution in [1.29, 1.82) is 10.5 Å². The lowest BCUT2D eigenvalue weighted by Gasteiger charge is -2.29. The van der Waals surface area contributed by atoms with Crippen LogP contribution in [0.3, 0.4) is 0 Å². The van der Waals surface area contributed by atoms with Gasteiger partial charge in [0.15, 0.2) is 10.8 Å². The number of ether oxygens (including phenoxy) is 3. The molecule has 3 rings (SSSR count). The van der Waals surface area contributed by atoms with Gasteiger partial charge in [0.05, 0.1) is 32.0 Å². The second-order valence-electron chi connectivity index (χ2n) is 6.30. The van der Waals surface area contributed by atoms with E-state index < -0.39 is 22.7 Å². The minimum atomic E-state index is -1.45. The minimum Gasteiger partial charge on any atom is -0.494 e. The molecule has 3 atom stereocenters. The molecule has 1 heterocycles. The number of hydrogen-bond acceptors (Lipinski definition) is 6. The van der Waals surface area contributed by atoms with Crippen molar-refractivity contribution >= 4 is 5.84 Å². The van der Waals surface area contributed by atoms with Crippen LogP contribution in [0.1, 0.15) is 32.3 Å². The Hall–Kier alpha value is -2.61. The van der Waals surface area contributed by atoms with E-state index in [9.17, 15) is 10.5 Å². The summed E-state index contributed by atoms with van der Waals surface area (Å²) in [5.41, 5.74) is 4.56. The summed E-state index contributed by atoms with van der Waals surface area (Å²) >= 11 is 0. The molecule has 136 valence electrons. The van der Waals surface area contributed by atoms with Crippen molar-refractivity contribution in [3.05, 3.63) is 29.8 Å². The van der Waals surface area contributed by atoms with Gasteiger partial charge < -0.3 is 14.2 Å². The second-order valence-corrected chi connectivity index (χ2v) is 6.30. The lowest BCUT2D eigenvalue weighted by molar-refractivity contribution is -0.693. The van der Waals surface area contributed by atoms with Crippen LogP contribution >= 0.6 is 0 Å². The maximum atomic E-state index is 10.1. The Morgan fingerprint density at radius 1 is 1.04 bits per heavy atom. The first-order chi connectivity index (χ1) is 12.5. The fourth-order valence-electron chi connectivity index (χ4n) is 4.28. The van der Waals surface area contributed by atoms with E-state index in [-0.39, 0.29) is 5.84 Å². The van der Waals surface area contributed by atoms with E-state index in [1.807, 2.05) is 45.0 Å². The molecule has 26 heavy (non-hydrogen) atoms. The molecule has 1 saturated carbocycles. The Morgan fingerprint density at radius 2 is 1.65 bits per heavy atom. The molecule has 2 aliphatic rings. The van der Waals surface area contributed by atoms with E-state index >= 15 is 0 Å². The molecule has 0 spiro atoms. The van der Waals surface area contributed by atoms with Crippen LogP contribution in [0, 0.1) is 33.5 Å². The first kappa shape index (κ1) is 18.2. The molecular formula is C19H23N4O3+. The summed E-state index contributed by atoms with van der Waals surface area (Å²) in [6.07, 6.45) is 0. The third-order valence-corrected chi connectivity index (χ3v) is 5.22. The molecule has 0 radical (unpaired) electrons. The summed E-state index contributed by atoms with van der Waals surface area (Å²) in [6, 6.07) is 12.0. The van der Waals surface area contributed by atoms with E-state index in [0.29, 0.717) is 19.8 Å². The van der Waals surface area contributed by atoms with E-state index in [2.05, 4.69) is 17.1 Å². The quantitative estimate of drug-likeness (QED) is 0.683. The van der Waals surface area contributed by atoms with Crippen LogP contribution in [0.4, 0.5) is 0 Å². The van der Waals surface area contributed by atoms with E-state index in [1.165, 1.54) is 0 Å². The lowest BCUT2D eigenvalue weighted by Crippen LogP contribution is -2.91. The fraction of sp³-hybridized carbons (Fsp3) is 0.526. The Balaban J connectivity index is 2.12. The number of benzene rings is 1. The number of amidine groups is 1. The summed E-state index contributed by atoms with van der Waals surface area (Å²) in [4.78, 5) is 2.96. The molecule has 7 nitrogen and oxygen atoms in total. The molecule has 1 aromatic rings. The second kappa shape index (κ2) is 6.28. The number of nitrogens with two attached hydrogens (primary N) is 1. The molecule has 3 N–H and O–H groups in total. The first-order valence-electron chi connectivity index (χ1n) is 8.77. The van der Waals surface area contributed by atoms with Crippen molar-refractivity contribution in [3.8, 4) is 17.9 Å². The fourth-order valence-corrected chi connectivity index (χ4v) is 4.28. The van der Waals surface area contributed by atoms with Gasteiger partial charge in [-0.05, 0) is 38.5 Å². The molecule has 0 unspecified atom stereocenters.